The third-order valence-electron chi connectivity index (χ3n) is 6.92. The Balaban J connectivity index is 2.30. The molecule has 0 aliphatic carbocycles. The highest BCUT2D eigenvalue weighted by molar-refractivity contribution is 5.99. The van der Waals surface area contributed by atoms with Gasteiger partial charge in [0.2, 0.25) is 23.6 Å². The molecule has 5 N–H and O–H groups in total. The topological polar surface area (TPSA) is 211 Å². The van der Waals surface area contributed by atoms with Gasteiger partial charge in [0.15, 0.2) is 0 Å². The summed E-state index contributed by atoms with van der Waals surface area (Å²) in [4.78, 5) is 73.0. The minimum absolute atomic E-state index is 0.0145. The van der Waals surface area contributed by atoms with Gasteiger partial charge in [-0.3, -0.25) is 28.8 Å². The quantitative estimate of drug-likeness (QED) is 0.0811. The standard InChI is InChI=1S/C34H54N4O11/c1-22(2)28(39)9-11-45-13-15-47-17-18-48-16-14-46-12-10-29(40)38-31(23(3)4)33(43)36-20-30(41)37-26-8-7-25(27(19-26)32(35)42)21-49-34(44)24(5)6/h7-8,19,22-24,31H,9-18,20-21H2,1-6H3,(H2,35,42)(H,36,43)(H,37,41)(H,38,40). The molecule has 1 aromatic carbocycles. The summed E-state index contributed by atoms with van der Waals surface area (Å²) in [6.45, 7) is 12.8. The van der Waals surface area contributed by atoms with E-state index in [1.807, 2.05) is 13.8 Å². The Hall–Kier alpha value is -3.92. The second kappa shape index (κ2) is 24.3. The predicted octanol–water partition coefficient (Wildman–Crippen LogP) is 1.75. The number of hydrogen-bond donors (Lipinski definition) is 4. The van der Waals surface area contributed by atoms with E-state index in [1.54, 1.807) is 27.7 Å². The van der Waals surface area contributed by atoms with Crippen molar-refractivity contribution >= 4 is 41.1 Å². The van der Waals surface area contributed by atoms with Crippen LogP contribution in [0.25, 0.3) is 0 Å². The van der Waals surface area contributed by atoms with Crippen LogP contribution in [0.5, 0.6) is 0 Å². The Kier molecular flexibility index (Phi) is 21.3. The van der Waals surface area contributed by atoms with Crippen LogP contribution >= 0.6 is 0 Å². The number of benzene rings is 1. The van der Waals surface area contributed by atoms with E-state index in [1.165, 1.54) is 18.2 Å². The fourth-order valence-electron chi connectivity index (χ4n) is 3.98. The van der Waals surface area contributed by atoms with Gasteiger partial charge in [-0.15, -0.1) is 0 Å². The molecule has 0 radical (unpaired) electrons. The van der Waals surface area contributed by atoms with Gasteiger partial charge in [-0.05, 0) is 18.1 Å². The summed E-state index contributed by atoms with van der Waals surface area (Å²) in [5, 5.41) is 7.77. The number of amides is 4. The van der Waals surface area contributed by atoms with Crippen molar-refractivity contribution in [3.8, 4) is 0 Å². The fraction of sp³-hybridized carbons (Fsp3) is 0.647. The SMILES string of the molecule is CC(C)C(=O)CCOCCOCCOCCOCCC(=O)NC(C(=O)NCC(=O)Nc1ccc(COC(=O)C(C)C)c(C(N)=O)c1)C(C)C. The monoisotopic (exact) mass is 694 g/mol. The van der Waals surface area contributed by atoms with E-state index in [0.29, 0.717) is 51.6 Å². The molecule has 0 aromatic heterocycles. The molecule has 0 aliphatic heterocycles. The lowest BCUT2D eigenvalue weighted by atomic mass is 10.0. The molecule has 0 aliphatic rings. The van der Waals surface area contributed by atoms with E-state index in [-0.39, 0.29) is 73.5 Å². The number of ether oxygens (including phenoxy) is 5. The van der Waals surface area contributed by atoms with Crippen LogP contribution in [0.3, 0.4) is 0 Å². The first-order valence-electron chi connectivity index (χ1n) is 16.5. The average Bonchev–Trinajstić information content (AvgIpc) is 3.04. The van der Waals surface area contributed by atoms with E-state index < -0.39 is 29.7 Å². The first-order valence-corrected chi connectivity index (χ1v) is 16.5. The highest BCUT2D eigenvalue weighted by Crippen LogP contribution is 2.17. The zero-order chi connectivity index (χ0) is 36.8. The van der Waals surface area contributed by atoms with Crippen molar-refractivity contribution in [3.63, 3.8) is 0 Å². The van der Waals surface area contributed by atoms with E-state index in [0.717, 1.165) is 0 Å². The van der Waals surface area contributed by atoms with Crippen molar-refractivity contribution in [1.29, 1.82) is 0 Å². The van der Waals surface area contributed by atoms with Crippen molar-refractivity contribution in [2.45, 2.75) is 67.0 Å². The first-order chi connectivity index (χ1) is 23.2. The molecule has 1 aromatic rings. The lowest BCUT2D eigenvalue weighted by molar-refractivity contribution is -0.148. The Morgan fingerprint density at radius 1 is 0.714 bits per heavy atom. The molecule has 1 rings (SSSR count). The number of nitrogens with one attached hydrogen (secondary N) is 3. The van der Waals surface area contributed by atoms with Crippen LogP contribution in [0.2, 0.25) is 0 Å². The van der Waals surface area contributed by atoms with Crippen LogP contribution in [0, 0.1) is 17.8 Å². The van der Waals surface area contributed by atoms with Gasteiger partial charge in [-0.1, -0.05) is 47.6 Å². The van der Waals surface area contributed by atoms with Gasteiger partial charge in [0.25, 0.3) is 0 Å². The molecule has 15 heteroatoms. The summed E-state index contributed by atoms with van der Waals surface area (Å²) < 4.78 is 26.8. The van der Waals surface area contributed by atoms with Crippen LogP contribution in [-0.2, 0) is 54.3 Å². The second-order valence-corrected chi connectivity index (χ2v) is 12.1. The molecule has 0 bridgehead atoms. The van der Waals surface area contributed by atoms with Gasteiger partial charge < -0.3 is 45.4 Å². The van der Waals surface area contributed by atoms with E-state index in [4.69, 9.17) is 29.4 Å². The summed E-state index contributed by atoms with van der Waals surface area (Å²) in [6.07, 6.45) is 0.428. The Bertz CT molecular complexity index is 1220. The smallest absolute Gasteiger partial charge is 0.308 e. The average molecular weight is 695 g/mol. The molecule has 15 nitrogen and oxygen atoms in total. The maximum atomic E-state index is 12.8. The highest BCUT2D eigenvalue weighted by Gasteiger charge is 2.24. The zero-order valence-corrected chi connectivity index (χ0v) is 29.6. The molecule has 1 atom stereocenters. The first kappa shape index (κ1) is 43.1. The molecule has 276 valence electrons. The van der Waals surface area contributed by atoms with E-state index in [9.17, 15) is 28.8 Å². The number of carbonyl (C=O) groups is 6. The van der Waals surface area contributed by atoms with Crippen LogP contribution < -0.4 is 21.7 Å². The lowest BCUT2D eigenvalue weighted by Gasteiger charge is -2.21. The third kappa shape index (κ3) is 19.0. The zero-order valence-electron chi connectivity index (χ0n) is 29.6. The summed E-state index contributed by atoms with van der Waals surface area (Å²) in [5.74, 6) is -3.10. The van der Waals surface area contributed by atoms with Crippen molar-refractivity contribution in [2.75, 3.05) is 64.7 Å². The van der Waals surface area contributed by atoms with Crippen molar-refractivity contribution in [3.05, 3.63) is 29.3 Å². The molecular formula is C34H54N4O11. The molecule has 0 heterocycles. The largest absolute Gasteiger partial charge is 0.461 e. The van der Waals surface area contributed by atoms with E-state index >= 15 is 0 Å². The number of Topliss-reactive ketones (excluding diaryl/α,β-unsaturated/α-hetero) is 1. The fourth-order valence-corrected chi connectivity index (χ4v) is 3.98. The second-order valence-electron chi connectivity index (χ2n) is 12.1. The highest BCUT2D eigenvalue weighted by atomic mass is 16.6. The summed E-state index contributed by atoms with van der Waals surface area (Å²) in [7, 11) is 0. The van der Waals surface area contributed by atoms with Gasteiger partial charge in [0.05, 0.1) is 65.3 Å². The summed E-state index contributed by atoms with van der Waals surface area (Å²) in [6, 6.07) is 3.51. The van der Waals surface area contributed by atoms with Crippen LogP contribution in [-0.4, -0.2) is 101 Å². The number of primary amides is 1. The molecule has 49 heavy (non-hydrogen) atoms. The number of hydrogen-bond acceptors (Lipinski definition) is 11. The normalized spacial score (nSPS) is 11.8. The Morgan fingerprint density at radius 3 is 1.78 bits per heavy atom. The molecule has 1 unspecified atom stereocenters. The number of nitrogens with two attached hydrogens (primary N) is 1. The van der Waals surface area contributed by atoms with Crippen molar-refractivity contribution in [1.82, 2.24) is 10.6 Å². The van der Waals surface area contributed by atoms with Gasteiger partial charge >= 0.3 is 5.97 Å². The van der Waals surface area contributed by atoms with Crippen LogP contribution in [0.15, 0.2) is 18.2 Å². The molecule has 0 saturated heterocycles. The van der Waals surface area contributed by atoms with E-state index in [2.05, 4.69) is 16.0 Å². The molecular weight excluding hydrogens is 640 g/mol. The lowest BCUT2D eigenvalue weighted by Crippen LogP contribution is -2.51. The Morgan fingerprint density at radius 2 is 1.27 bits per heavy atom. The summed E-state index contributed by atoms with van der Waals surface area (Å²) >= 11 is 0. The van der Waals surface area contributed by atoms with Gasteiger partial charge in [0.1, 0.15) is 18.4 Å². The molecule has 0 spiro atoms. The van der Waals surface area contributed by atoms with Gasteiger partial charge in [0, 0.05) is 35.6 Å². The molecule has 0 saturated carbocycles. The molecule has 0 fully saturated rings. The minimum atomic E-state index is -0.883. The molecule has 4 amide bonds. The van der Waals surface area contributed by atoms with Crippen molar-refractivity contribution in [2.24, 2.45) is 23.5 Å². The third-order valence-corrected chi connectivity index (χ3v) is 6.92. The maximum Gasteiger partial charge on any atom is 0.308 e. The number of ketones is 1. The number of carbonyl (C=O) groups excluding carboxylic acids is 6. The minimum Gasteiger partial charge on any atom is -0.461 e. The predicted molar refractivity (Wildman–Crippen MR) is 180 cm³/mol. The van der Waals surface area contributed by atoms with Gasteiger partial charge in [-0.2, -0.15) is 0 Å². The number of esters is 1. The van der Waals surface area contributed by atoms with Crippen LogP contribution in [0.4, 0.5) is 5.69 Å². The van der Waals surface area contributed by atoms with Crippen LogP contribution in [0.1, 0.15) is 70.3 Å². The number of anilines is 1. The maximum absolute atomic E-state index is 12.8. The summed E-state index contributed by atoms with van der Waals surface area (Å²) in [5.41, 5.74) is 6.19. The van der Waals surface area contributed by atoms with Crippen molar-refractivity contribution < 1.29 is 52.5 Å². The number of rotatable bonds is 26. The Labute approximate surface area is 288 Å². The van der Waals surface area contributed by atoms with Gasteiger partial charge in [-0.25, -0.2) is 0 Å².